The molecule has 2 atom stereocenters. The number of guanidine groups is 1. The van der Waals surface area contributed by atoms with Gasteiger partial charge in [-0.15, -0.1) is 0 Å². The minimum absolute atomic E-state index is 0.113. The second kappa shape index (κ2) is 9.36. The lowest BCUT2D eigenvalue weighted by molar-refractivity contribution is -0.142. The molecular formula is C15H23N5O4. The Hall–Kier alpha value is -2.81. The van der Waals surface area contributed by atoms with Crippen molar-refractivity contribution in [2.75, 3.05) is 6.54 Å². The van der Waals surface area contributed by atoms with E-state index in [0.717, 1.165) is 5.56 Å². The van der Waals surface area contributed by atoms with Crippen molar-refractivity contribution in [3.8, 4) is 5.75 Å². The highest BCUT2D eigenvalue weighted by atomic mass is 16.4. The summed E-state index contributed by atoms with van der Waals surface area (Å²) in [6, 6.07) is 4.31. The molecule has 0 fully saturated rings. The van der Waals surface area contributed by atoms with E-state index in [-0.39, 0.29) is 24.6 Å². The van der Waals surface area contributed by atoms with Crippen LogP contribution in [0.5, 0.6) is 5.75 Å². The van der Waals surface area contributed by atoms with Crippen LogP contribution in [-0.2, 0) is 16.0 Å². The number of amides is 1. The Morgan fingerprint density at radius 1 is 1.25 bits per heavy atom. The van der Waals surface area contributed by atoms with Crippen molar-refractivity contribution >= 4 is 17.8 Å². The topological polar surface area (TPSA) is 175 Å². The normalized spacial score (nSPS) is 12.9. The van der Waals surface area contributed by atoms with E-state index >= 15 is 0 Å². The van der Waals surface area contributed by atoms with E-state index in [4.69, 9.17) is 22.0 Å². The zero-order valence-electron chi connectivity index (χ0n) is 13.2. The Kier molecular flexibility index (Phi) is 7.50. The van der Waals surface area contributed by atoms with E-state index in [9.17, 15) is 14.7 Å². The second-order valence-electron chi connectivity index (χ2n) is 5.36. The number of carbonyl (C=O) groups is 2. The number of hydrogen-bond acceptors (Lipinski definition) is 5. The molecule has 0 aliphatic rings. The number of carbonyl (C=O) groups excluding carboxylic acids is 1. The summed E-state index contributed by atoms with van der Waals surface area (Å²) in [5.41, 5.74) is 11.7. The lowest BCUT2D eigenvalue weighted by atomic mass is 10.0. The van der Waals surface area contributed by atoms with Crippen molar-refractivity contribution in [1.29, 1.82) is 5.41 Å². The monoisotopic (exact) mass is 337 g/mol. The van der Waals surface area contributed by atoms with Crippen molar-refractivity contribution < 1.29 is 19.8 Å². The quantitative estimate of drug-likeness (QED) is 0.173. The average Bonchev–Trinajstić information content (AvgIpc) is 2.51. The van der Waals surface area contributed by atoms with Gasteiger partial charge in [-0.2, -0.15) is 0 Å². The Bertz CT molecular complexity index is 576. The fraction of sp³-hybridized carbons (Fsp3) is 0.400. The molecule has 0 aromatic heterocycles. The van der Waals surface area contributed by atoms with Crippen LogP contribution in [0.3, 0.4) is 0 Å². The first-order chi connectivity index (χ1) is 11.3. The molecule has 1 unspecified atom stereocenters. The Morgan fingerprint density at radius 2 is 1.88 bits per heavy atom. The Labute approximate surface area is 139 Å². The van der Waals surface area contributed by atoms with Crippen LogP contribution in [-0.4, -0.2) is 46.7 Å². The van der Waals surface area contributed by atoms with Crippen molar-refractivity contribution in [3.05, 3.63) is 29.8 Å². The molecule has 0 bridgehead atoms. The molecule has 0 heterocycles. The summed E-state index contributed by atoms with van der Waals surface area (Å²) in [6.45, 7) is 0.342. The molecule has 0 radical (unpaired) electrons. The maximum atomic E-state index is 12.1. The van der Waals surface area contributed by atoms with Crippen LogP contribution >= 0.6 is 0 Å². The first-order valence-electron chi connectivity index (χ1n) is 7.44. The number of hydrogen-bond donors (Lipinski definition) is 7. The van der Waals surface area contributed by atoms with Gasteiger partial charge in [0.1, 0.15) is 11.8 Å². The summed E-state index contributed by atoms with van der Waals surface area (Å²) in [6.07, 6.45) is 0.835. The third-order valence-electron chi connectivity index (χ3n) is 3.33. The van der Waals surface area contributed by atoms with Crippen LogP contribution in [0.4, 0.5) is 0 Å². The number of phenols is 1. The van der Waals surface area contributed by atoms with E-state index in [1.165, 1.54) is 12.1 Å². The van der Waals surface area contributed by atoms with Crippen molar-refractivity contribution in [2.24, 2.45) is 11.5 Å². The van der Waals surface area contributed by atoms with E-state index in [2.05, 4.69) is 10.6 Å². The predicted octanol–water partition coefficient (Wildman–Crippen LogP) is -0.905. The molecule has 0 spiro atoms. The predicted molar refractivity (Wildman–Crippen MR) is 88.5 cm³/mol. The molecule has 1 aromatic carbocycles. The molecule has 0 saturated carbocycles. The maximum Gasteiger partial charge on any atom is 0.326 e. The van der Waals surface area contributed by atoms with Gasteiger partial charge < -0.3 is 32.3 Å². The van der Waals surface area contributed by atoms with Gasteiger partial charge in [0.15, 0.2) is 5.96 Å². The number of aliphatic carboxylic acids is 1. The highest BCUT2D eigenvalue weighted by Crippen LogP contribution is 2.11. The number of phenolic OH excluding ortho intramolecular Hbond substituents is 1. The largest absolute Gasteiger partial charge is 0.508 e. The summed E-state index contributed by atoms with van der Waals surface area (Å²) >= 11 is 0. The van der Waals surface area contributed by atoms with Gasteiger partial charge in [0.2, 0.25) is 5.91 Å². The number of carboxylic acid groups (broad SMARTS) is 1. The summed E-state index contributed by atoms with van der Waals surface area (Å²) in [7, 11) is 0. The molecule has 0 aliphatic heterocycles. The first kappa shape index (κ1) is 19.2. The zero-order chi connectivity index (χ0) is 18.1. The highest BCUT2D eigenvalue weighted by Gasteiger charge is 2.23. The molecule has 1 amide bonds. The van der Waals surface area contributed by atoms with Gasteiger partial charge in [0.05, 0.1) is 6.04 Å². The molecule has 132 valence electrons. The van der Waals surface area contributed by atoms with Gasteiger partial charge in [-0.1, -0.05) is 12.1 Å². The smallest absolute Gasteiger partial charge is 0.326 e. The zero-order valence-corrected chi connectivity index (χ0v) is 13.2. The number of nitrogens with two attached hydrogens (primary N) is 2. The fourth-order valence-electron chi connectivity index (χ4n) is 2.04. The summed E-state index contributed by atoms with van der Waals surface area (Å²) < 4.78 is 0. The lowest BCUT2D eigenvalue weighted by Crippen LogP contribution is -2.49. The second-order valence-corrected chi connectivity index (χ2v) is 5.36. The van der Waals surface area contributed by atoms with Crippen molar-refractivity contribution in [2.45, 2.75) is 31.3 Å². The molecular weight excluding hydrogens is 314 g/mol. The molecule has 0 saturated heterocycles. The number of benzene rings is 1. The highest BCUT2D eigenvalue weighted by molar-refractivity contribution is 5.87. The standard InChI is InChI=1S/C15H23N5O4/c16-11(8-9-3-5-10(21)6-4-9)13(22)20-12(14(23)24)2-1-7-19-15(17)18/h3-6,11-12,21H,1-2,7-8,16H2,(H,20,22)(H,23,24)(H4,17,18,19)/t11?,12-/m0/s1. The number of nitrogens with one attached hydrogen (secondary N) is 3. The van der Waals surface area contributed by atoms with Crippen LogP contribution in [0, 0.1) is 5.41 Å². The number of carboxylic acids is 1. The van der Waals surface area contributed by atoms with Gasteiger partial charge >= 0.3 is 5.97 Å². The molecule has 9 N–H and O–H groups in total. The minimum Gasteiger partial charge on any atom is -0.508 e. The van der Waals surface area contributed by atoms with Gasteiger partial charge in [-0.25, -0.2) is 4.79 Å². The Balaban J connectivity index is 2.49. The molecule has 9 nitrogen and oxygen atoms in total. The number of aromatic hydroxyl groups is 1. The summed E-state index contributed by atoms with van der Waals surface area (Å²) in [5, 5.41) is 30.4. The van der Waals surface area contributed by atoms with Crippen LogP contribution in [0.2, 0.25) is 0 Å². The molecule has 1 aromatic rings. The fourth-order valence-corrected chi connectivity index (χ4v) is 2.04. The third kappa shape index (κ3) is 6.97. The third-order valence-corrected chi connectivity index (χ3v) is 3.33. The molecule has 24 heavy (non-hydrogen) atoms. The van der Waals surface area contributed by atoms with Crippen molar-refractivity contribution in [1.82, 2.24) is 10.6 Å². The SMILES string of the molecule is N=C(N)NCCC[C@H](NC(=O)C(N)Cc1ccc(O)cc1)C(=O)O. The van der Waals surface area contributed by atoms with Gasteiger partial charge in [0, 0.05) is 6.54 Å². The minimum atomic E-state index is -1.15. The maximum absolute atomic E-state index is 12.1. The molecule has 1 rings (SSSR count). The Morgan fingerprint density at radius 3 is 2.42 bits per heavy atom. The summed E-state index contributed by atoms with van der Waals surface area (Å²) in [5.74, 6) is -1.79. The van der Waals surface area contributed by atoms with Crippen LogP contribution in [0.1, 0.15) is 18.4 Å². The van der Waals surface area contributed by atoms with Crippen molar-refractivity contribution in [3.63, 3.8) is 0 Å². The lowest BCUT2D eigenvalue weighted by Gasteiger charge is -2.18. The van der Waals surface area contributed by atoms with E-state index in [1.807, 2.05) is 0 Å². The summed E-state index contributed by atoms with van der Waals surface area (Å²) in [4.78, 5) is 23.3. The van der Waals surface area contributed by atoms with Gasteiger partial charge in [-0.3, -0.25) is 10.2 Å². The van der Waals surface area contributed by atoms with E-state index < -0.39 is 24.0 Å². The van der Waals surface area contributed by atoms with Gasteiger partial charge in [0.25, 0.3) is 0 Å². The molecule has 0 aliphatic carbocycles. The number of rotatable bonds is 9. The first-order valence-corrected chi connectivity index (χ1v) is 7.44. The molecule has 9 heteroatoms. The average molecular weight is 337 g/mol. The van der Waals surface area contributed by atoms with Crippen LogP contribution in [0.25, 0.3) is 0 Å². The van der Waals surface area contributed by atoms with Crippen LogP contribution < -0.4 is 22.1 Å². The van der Waals surface area contributed by atoms with Gasteiger partial charge in [-0.05, 0) is 37.0 Å². The van der Waals surface area contributed by atoms with E-state index in [0.29, 0.717) is 13.0 Å². The van der Waals surface area contributed by atoms with Crippen LogP contribution in [0.15, 0.2) is 24.3 Å². The van der Waals surface area contributed by atoms with E-state index in [1.54, 1.807) is 12.1 Å².